The average Bonchev–Trinajstić information content (AvgIpc) is 3.13. The van der Waals surface area contributed by atoms with Gasteiger partial charge < -0.3 is 14.8 Å². The van der Waals surface area contributed by atoms with Crippen LogP contribution in [0.1, 0.15) is 54.3 Å². The van der Waals surface area contributed by atoms with E-state index in [1.807, 2.05) is 6.92 Å². The van der Waals surface area contributed by atoms with Crippen molar-refractivity contribution in [1.82, 2.24) is 15.5 Å². The lowest BCUT2D eigenvalue weighted by atomic mass is 9.80. The highest BCUT2D eigenvalue weighted by Crippen LogP contribution is 2.40. The Kier molecular flexibility index (Phi) is 3.98. The Morgan fingerprint density at radius 2 is 1.90 bits per heavy atom. The van der Waals surface area contributed by atoms with Crippen LogP contribution in [-0.2, 0) is 15.9 Å². The van der Waals surface area contributed by atoms with E-state index in [4.69, 9.17) is 9.47 Å². The van der Waals surface area contributed by atoms with Crippen LogP contribution >= 0.6 is 11.3 Å². The molecule has 6 nitrogen and oxygen atoms in total. The first-order chi connectivity index (χ1) is 10.0. The van der Waals surface area contributed by atoms with Gasteiger partial charge in [0.05, 0.1) is 13.2 Å². The largest absolute Gasteiger partial charge is 0.348 e. The number of hydrogen-bond donors (Lipinski definition) is 1. The van der Waals surface area contributed by atoms with Gasteiger partial charge >= 0.3 is 0 Å². The van der Waals surface area contributed by atoms with Gasteiger partial charge in [-0.1, -0.05) is 18.3 Å². The lowest BCUT2D eigenvalue weighted by Gasteiger charge is -2.41. The second-order valence-electron chi connectivity index (χ2n) is 5.98. The summed E-state index contributed by atoms with van der Waals surface area (Å²) in [5.74, 6) is -0.526. The molecular formula is C14H21N3O3S. The minimum absolute atomic E-state index is 0.126. The summed E-state index contributed by atoms with van der Waals surface area (Å²) in [6, 6.07) is 0. The fourth-order valence-corrected chi connectivity index (χ4v) is 3.58. The van der Waals surface area contributed by atoms with E-state index in [0.29, 0.717) is 18.2 Å². The second kappa shape index (κ2) is 5.62. The molecule has 3 rings (SSSR count). The molecule has 0 unspecified atom stereocenters. The summed E-state index contributed by atoms with van der Waals surface area (Å²) in [5.41, 5.74) is -0.226. The molecule has 2 aliphatic rings. The fourth-order valence-electron chi connectivity index (χ4n) is 2.91. The van der Waals surface area contributed by atoms with Gasteiger partial charge in [0, 0.05) is 18.4 Å². The Hall–Kier alpha value is -1.05. The van der Waals surface area contributed by atoms with E-state index in [0.717, 1.165) is 37.1 Å². The van der Waals surface area contributed by atoms with Crippen LogP contribution in [0, 0.1) is 0 Å². The van der Waals surface area contributed by atoms with Crippen LogP contribution in [-0.4, -0.2) is 40.6 Å². The van der Waals surface area contributed by atoms with Crippen molar-refractivity contribution in [1.29, 1.82) is 0 Å². The van der Waals surface area contributed by atoms with Crippen molar-refractivity contribution in [2.24, 2.45) is 0 Å². The quantitative estimate of drug-likeness (QED) is 0.923. The molecule has 0 bridgehead atoms. The molecule has 1 aromatic rings. The molecule has 0 radical (unpaired) electrons. The molecule has 0 aromatic carbocycles. The van der Waals surface area contributed by atoms with Gasteiger partial charge in [-0.2, -0.15) is 0 Å². The standard InChI is InChI=1S/C14H21N3O3S/c1-3-10-16-17-12(21-10)11(18)15-13(2)4-6-14(7-5-13)19-8-9-20-14/h3-9H2,1-2H3,(H,15,18). The van der Waals surface area contributed by atoms with Crippen molar-refractivity contribution in [2.75, 3.05) is 13.2 Å². The maximum absolute atomic E-state index is 12.3. The van der Waals surface area contributed by atoms with Crippen LogP contribution in [0.3, 0.4) is 0 Å². The molecule has 21 heavy (non-hydrogen) atoms. The maximum atomic E-state index is 12.3. The summed E-state index contributed by atoms with van der Waals surface area (Å²) in [4.78, 5) is 12.3. The molecule has 116 valence electrons. The lowest BCUT2D eigenvalue weighted by Crippen LogP contribution is -2.52. The third-order valence-corrected chi connectivity index (χ3v) is 5.37. The van der Waals surface area contributed by atoms with E-state index in [9.17, 15) is 4.79 Å². The number of nitrogens with one attached hydrogen (secondary N) is 1. The van der Waals surface area contributed by atoms with E-state index in [1.165, 1.54) is 11.3 Å². The Labute approximate surface area is 128 Å². The van der Waals surface area contributed by atoms with Crippen molar-refractivity contribution in [3.05, 3.63) is 10.0 Å². The zero-order valence-corrected chi connectivity index (χ0v) is 13.3. The summed E-state index contributed by atoms with van der Waals surface area (Å²) < 4.78 is 11.5. The van der Waals surface area contributed by atoms with Crippen LogP contribution in [0.15, 0.2) is 0 Å². The Balaban J connectivity index is 1.60. The van der Waals surface area contributed by atoms with Crippen molar-refractivity contribution >= 4 is 17.2 Å². The number of nitrogens with zero attached hydrogens (tertiary/aromatic N) is 2. The molecule has 0 atom stereocenters. The van der Waals surface area contributed by atoms with Gasteiger partial charge in [0.25, 0.3) is 5.91 Å². The van der Waals surface area contributed by atoms with Gasteiger partial charge in [0.15, 0.2) is 5.79 Å². The van der Waals surface area contributed by atoms with Gasteiger partial charge in [-0.25, -0.2) is 0 Å². The first-order valence-electron chi connectivity index (χ1n) is 7.47. The molecule has 1 aromatic heterocycles. The second-order valence-corrected chi connectivity index (χ2v) is 7.04. The number of ether oxygens (including phenoxy) is 2. The van der Waals surface area contributed by atoms with Crippen LogP contribution in [0.2, 0.25) is 0 Å². The van der Waals surface area contributed by atoms with Gasteiger partial charge in [-0.15, -0.1) is 10.2 Å². The number of aromatic nitrogens is 2. The summed E-state index contributed by atoms with van der Waals surface area (Å²) in [6.07, 6.45) is 4.13. The first kappa shape index (κ1) is 14.9. The molecule has 1 saturated heterocycles. The smallest absolute Gasteiger partial charge is 0.282 e. The predicted octanol–water partition coefficient (Wildman–Crippen LogP) is 1.91. The summed E-state index contributed by atoms with van der Waals surface area (Å²) in [5, 5.41) is 12.4. The van der Waals surface area contributed by atoms with Gasteiger partial charge in [0.1, 0.15) is 5.01 Å². The van der Waals surface area contributed by atoms with Crippen LogP contribution in [0.5, 0.6) is 0 Å². The summed E-state index contributed by atoms with van der Waals surface area (Å²) in [6.45, 7) is 5.43. The third kappa shape index (κ3) is 3.09. The van der Waals surface area contributed by atoms with Crippen molar-refractivity contribution < 1.29 is 14.3 Å². The van der Waals surface area contributed by atoms with Crippen molar-refractivity contribution in [2.45, 2.75) is 57.3 Å². The summed E-state index contributed by atoms with van der Waals surface area (Å²) in [7, 11) is 0. The zero-order chi connectivity index (χ0) is 14.9. The Morgan fingerprint density at radius 1 is 1.24 bits per heavy atom. The minimum atomic E-state index is -0.400. The summed E-state index contributed by atoms with van der Waals surface area (Å²) >= 11 is 1.36. The monoisotopic (exact) mass is 311 g/mol. The van der Waals surface area contributed by atoms with Gasteiger partial charge in [-0.3, -0.25) is 4.79 Å². The topological polar surface area (TPSA) is 73.3 Å². The molecule has 1 spiro atoms. The molecule has 7 heteroatoms. The fraction of sp³-hybridized carbons (Fsp3) is 0.786. The van der Waals surface area contributed by atoms with E-state index >= 15 is 0 Å². The molecule has 2 heterocycles. The normalized spacial score (nSPS) is 23.3. The van der Waals surface area contributed by atoms with Crippen LogP contribution < -0.4 is 5.32 Å². The molecule has 1 saturated carbocycles. The number of carbonyl (C=O) groups excluding carboxylic acids is 1. The van der Waals surface area contributed by atoms with E-state index in [2.05, 4.69) is 22.4 Å². The Bertz CT molecular complexity index is 515. The highest BCUT2D eigenvalue weighted by atomic mass is 32.1. The van der Waals surface area contributed by atoms with E-state index in [-0.39, 0.29) is 11.4 Å². The third-order valence-electron chi connectivity index (χ3n) is 4.31. The number of amides is 1. The lowest BCUT2D eigenvalue weighted by molar-refractivity contribution is -0.184. The number of rotatable bonds is 3. The molecule has 1 N–H and O–H groups in total. The average molecular weight is 311 g/mol. The van der Waals surface area contributed by atoms with Crippen molar-refractivity contribution in [3.63, 3.8) is 0 Å². The minimum Gasteiger partial charge on any atom is -0.348 e. The Morgan fingerprint density at radius 3 is 2.48 bits per heavy atom. The highest BCUT2D eigenvalue weighted by molar-refractivity contribution is 7.13. The predicted molar refractivity (Wildman–Crippen MR) is 78.3 cm³/mol. The van der Waals surface area contributed by atoms with Gasteiger partial charge in [0.2, 0.25) is 5.01 Å². The maximum Gasteiger partial charge on any atom is 0.282 e. The number of aryl methyl sites for hydroxylation is 1. The van der Waals surface area contributed by atoms with Crippen molar-refractivity contribution in [3.8, 4) is 0 Å². The highest BCUT2D eigenvalue weighted by Gasteiger charge is 2.45. The molecule has 2 fully saturated rings. The van der Waals surface area contributed by atoms with Crippen LogP contribution in [0.4, 0.5) is 0 Å². The SMILES string of the molecule is CCc1nnc(C(=O)NC2(C)CCC3(CC2)OCCO3)s1. The zero-order valence-electron chi connectivity index (χ0n) is 12.5. The molecule has 1 aliphatic heterocycles. The first-order valence-corrected chi connectivity index (χ1v) is 8.29. The number of carbonyl (C=O) groups is 1. The van der Waals surface area contributed by atoms with Crippen LogP contribution in [0.25, 0.3) is 0 Å². The van der Waals surface area contributed by atoms with E-state index < -0.39 is 5.79 Å². The molecular weight excluding hydrogens is 290 g/mol. The van der Waals surface area contributed by atoms with E-state index in [1.54, 1.807) is 0 Å². The molecule has 1 amide bonds. The van der Waals surface area contributed by atoms with Gasteiger partial charge in [-0.05, 0) is 26.2 Å². The number of hydrogen-bond acceptors (Lipinski definition) is 6. The molecule has 1 aliphatic carbocycles.